The van der Waals surface area contributed by atoms with Gasteiger partial charge in [0.1, 0.15) is 5.82 Å². The van der Waals surface area contributed by atoms with Crippen LogP contribution in [0.4, 0.5) is 0 Å². The monoisotopic (exact) mass is 325 g/mol. The number of nitrogens with zero attached hydrogens (tertiary/aromatic N) is 3. The number of hydrogen-bond donors (Lipinski definition) is 2. The quantitative estimate of drug-likeness (QED) is 0.827. The van der Waals surface area contributed by atoms with E-state index >= 15 is 0 Å². The molecular formula is C19H27N5. The lowest BCUT2D eigenvalue weighted by Crippen LogP contribution is -2.20. The number of fused-ring (bicyclic) bond motifs is 1. The molecule has 2 heterocycles. The number of hydrogen-bond acceptors (Lipinski definition) is 4. The molecule has 0 aliphatic rings. The minimum absolute atomic E-state index is 0.111. The van der Waals surface area contributed by atoms with Gasteiger partial charge in [-0.05, 0) is 32.1 Å². The van der Waals surface area contributed by atoms with Crippen LogP contribution in [0.25, 0.3) is 11.2 Å². The van der Waals surface area contributed by atoms with Gasteiger partial charge in [0.15, 0.2) is 0 Å². The minimum atomic E-state index is -0.111. The number of aliphatic imine (C=N–C) groups is 1. The average molecular weight is 325 g/mol. The number of rotatable bonds is 5. The highest BCUT2D eigenvalue weighted by Crippen LogP contribution is 2.30. The van der Waals surface area contributed by atoms with Crippen molar-refractivity contribution in [2.75, 3.05) is 0 Å². The summed E-state index contributed by atoms with van der Waals surface area (Å²) in [6.07, 6.45) is 5.40. The van der Waals surface area contributed by atoms with Gasteiger partial charge >= 0.3 is 0 Å². The van der Waals surface area contributed by atoms with E-state index in [0.29, 0.717) is 17.6 Å². The molecule has 2 rings (SSSR count). The van der Waals surface area contributed by atoms with Gasteiger partial charge in [-0.2, -0.15) is 5.10 Å². The van der Waals surface area contributed by atoms with Crippen LogP contribution in [-0.4, -0.2) is 21.9 Å². The Balaban J connectivity index is 2.41. The Bertz CT molecular complexity index is 788. The minimum Gasteiger partial charge on any atom is -0.398 e. The van der Waals surface area contributed by atoms with Gasteiger partial charge in [0, 0.05) is 35.1 Å². The third kappa shape index (κ3) is 4.04. The maximum absolute atomic E-state index is 6.36. The van der Waals surface area contributed by atoms with Crippen molar-refractivity contribution in [1.29, 1.82) is 0 Å². The van der Waals surface area contributed by atoms with Gasteiger partial charge in [-0.3, -0.25) is 0 Å². The maximum atomic E-state index is 6.36. The Morgan fingerprint density at radius 2 is 2.08 bits per heavy atom. The topological polar surface area (TPSA) is 67.7 Å². The predicted molar refractivity (Wildman–Crippen MR) is 102 cm³/mol. The molecule has 0 aliphatic heterocycles. The zero-order valence-electron chi connectivity index (χ0n) is 15.2. The van der Waals surface area contributed by atoms with Gasteiger partial charge in [-0.25, -0.2) is 9.51 Å². The van der Waals surface area contributed by atoms with Crippen molar-refractivity contribution in [1.82, 2.24) is 14.9 Å². The molecule has 0 radical (unpaired) electrons. The Labute approximate surface area is 144 Å². The molecule has 0 saturated carbocycles. The Morgan fingerprint density at radius 3 is 2.71 bits per heavy atom. The van der Waals surface area contributed by atoms with Crippen LogP contribution in [0.15, 0.2) is 47.9 Å². The van der Waals surface area contributed by atoms with Crippen LogP contribution < -0.4 is 11.1 Å². The van der Waals surface area contributed by atoms with Gasteiger partial charge in [-0.15, -0.1) is 0 Å². The van der Waals surface area contributed by atoms with Crippen molar-refractivity contribution in [2.45, 2.75) is 46.1 Å². The maximum Gasteiger partial charge on any atom is 0.118 e. The summed E-state index contributed by atoms with van der Waals surface area (Å²) in [5.74, 6) is 0.616. The Morgan fingerprint density at radius 1 is 1.38 bits per heavy atom. The van der Waals surface area contributed by atoms with E-state index in [0.717, 1.165) is 16.8 Å². The summed E-state index contributed by atoms with van der Waals surface area (Å²) in [6.45, 7) is 14.3. The van der Waals surface area contributed by atoms with E-state index in [9.17, 15) is 0 Å². The molecular weight excluding hydrogens is 298 g/mol. The van der Waals surface area contributed by atoms with Crippen molar-refractivity contribution in [3.8, 4) is 0 Å². The van der Waals surface area contributed by atoms with Crippen LogP contribution in [-0.2, 0) is 5.41 Å². The van der Waals surface area contributed by atoms with Crippen molar-refractivity contribution >= 4 is 17.4 Å². The molecule has 0 spiro atoms. The second-order valence-electron chi connectivity index (χ2n) is 7.15. The summed E-state index contributed by atoms with van der Waals surface area (Å²) in [5.41, 5.74) is 9.80. The summed E-state index contributed by atoms with van der Waals surface area (Å²) in [5, 5.41) is 7.85. The van der Waals surface area contributed by atoms with Gasteiger partial charge in [0.25, 0.3) is 0 Å². The molecule has 2 aromatic rings. The summed E-state index contributed by atoms with van der Waals surface area (Å²) in [7, 11) is 0. The smallest absolute Gasteiger partial charge is 0.118 e. The van der Waals surface area contributed by atoms with Crippen LogP contribution in [0.1, 0.15) is 45.9 Å². The zero-order chi connectivity index (χ0) is 17.9. The van der Waals surface area contributed by atoms with E-state index < -0.39 is 0 Å². The van der Waals surface area contributed by atoms with Gasteiger partial charge < -0.3 is 11.1 Å². The molecule has 0 aliphatic carbocycles. The van der Waals surface area contributed by atoms with Crippen LogP contribution in [0.5, 0.6) is 0 Å². The fraction of sp³-hybridized carbons (Fsp3) is 0.368. The summed E-state index contributed by atoms with van der Waals surface area (Å²) >= 11 is 0. The van der Waals surface area contributed by atoms with Crippen LogP contribution in [0.2, 0.25) is 0 Å². The summed E-state index contributed by atoms with van der Waals surface area (Å²) in [4.78, 5) is 4.27. The molecule has 5 nitrogen and oxygen atoms in total. The lowest BCUT2D eigenvalue weighted by Gasteiger charge is -2.17. The molecule has 0 atom stereocenters. The molecule has 0 saturated heterocycles. The number of pyridine rings is 1. The fourth-order valence-electron chi connectivity index (χ4n) is 2.47. The van der Waals surface area contributed by atoms with E-state index in [1.54, 1.807) is 12.3 Å². The highest BCUT2D eigenvalue weighted by molar-refractivity contribution is 5.89. The molecule has 0 bridgehead atoms. The third-order valence-electron chi connectivity index (χ3n) is 3.48. The molecule has 24 heavy (non-hydrogen) atoms. The lowest BCUT2D eigenvalue weighted by atomic mass is 9.88. The SMILES string of the molecule is C=C(N=C/C=C(\N)c1c(C(C)(C)C)nn2ccccc12)NC(C)C. The standard InChI is InChI=1S/C19H27N5/c1-13(2)22-14(3)21-11-10-15(20)17-16-9-7-8-12-24(16)23-18(17)19(4,5)6/h7-13,22H,3,20H2,1-2,4-6H3/b15-10-,21-11?. The molecule has 0 aromatic carbocycles. The van der Waals surface area contributed by atoms with Gasteiger partial charge in [-0.1, -0.05) is 33.4 Å². The van der Waals surface area contributed by atoms with E-state index in [4.69, 9.17) is 10.8 Å². The Hall–Kier alpha value is -2.56. The molecule has 0 amide bonds. The van der Waals surface area contributed by atoms with E-state index in [2.05, 4.69) is 37.7 Å². The first-order valence-corrected chi connectivity index (χ1v) is 8.13. The number of nitrogens with one attached hydrogen (secondary N) is 1. The lowest BCUT2D eigenvalue weighted by molar-refractivity contribution is 0.561. The molecule has 0 unspecified atom stereocenters. The van der Waals surface area contributed by atoms with E-state index in [1.807, 2.05) is 42.8 Å². The van der Waals surface area contributed by atoms with Crippen LogP contribution >= 0.6 is 0 Å². The Kier molecular flexibility index (Phi) is 5.12. The normalized spacial score (nSPS) is 13.2. The van der Waals surface area contributed by atoms with Crippen LogP contribution in [0.3, 0.4) is 0 Å². The number of aromatic nitrogens is 2. The summed E-state index contributed by atoms with van der Waals surface area (Å²) in [6, 6.07) is 6.26. The van der Waals surface area contributed by atoms with Crippen molar-refractivity contribution < 1.29 is 0 Å². The number of allylic oxidation sites excluding steroid dienone is 1. The fourth-order valence-corrected chi connectivity index (χ4v) is 2.47. The van der Waals surface area contributed by atoms with Crippen molar-refractivity contribution in [2.24, 2.45) is 10.7 Å². The first kappa shape index (κ1) is 17.8. The van der Waals surface area contributed by atoms with E-state index in [1.165, 1.54) is 0 Å². The molecule has 128 valence electrons. The average Bonchev–Trinajstić information content (AvgIpc) is 2.85. The first-order valence-electron chi connectivity index (χ1n) is 8.13. The summed E-state index contributed by atoms with van der Waals surface area (Å²) < 4.78 is 1.87. The number of nitrogens with two attached hydrogens (primary N) is 1. The highest BCUT2D eigenvalue weighted by Gasteiger charge is 2.24. The predicted octanol–water partition coefficient (Wildman–Crippen LogP) is 3.47. The van der Waals surface area contributed by atoms with Gasteiger partial charge in [0.05, 0.1) is 11.2 Å². The third-order valence-corrected chi connectivity index (χ3v) is 3.48. The van der Waals surface area contributed by atoms with Crippen molar-refractivity contribution in [3.05, 3.63) is 54.1 Å². The zero-order valence-corrected chi connectivity index (χ0v) is 15.2. The molecule has 3 N–H and O–H groups in total. The molecule has 2 aromatic heterocycles. The highest BCUT2D eigenvalue weighted by atomic mass is 15.2. The molecule has 5 heteroatoms. The molecule has 0 fully saturated rings. The van der Waals surface area contributed by atoms with Crippen molar-refractivity contribution in [3.63, 3.8) is 0 Å². The van der Waals surface area contributed by atoms with Gasteiger partial charge in [0.2, 0.25) is 0 Å². The second-order valence-corrected chi connectivity index (χ2v) is 7.15. The second kappa shape index (κ2) is 6.91. The largest absolute Gasteiger partial charge is 0.398 e. The van der Waals surface area contributed by atoms with E-state index in [-0.39, 0.29) is 5.41 Å². The van der Waals surface area contributed by atoms with Crippen LogP contribution in [0, 0.1) is 0 Å². The first-order chi connectivity index (χ1) is 11.2.